The molecule has 2 unspecified atom stereocenters. The summed E-state index contributed by atoms with van der Waals surface area (Å²) in [7, 11) is 0. The molecule has 0 aromatic rings. The van der Waals surface area contributed by atoms with Gasteiger partial charge in [-0.25, -0.2) is 4.79 Å². The molecule has 0 radical (unpaired) electrons. The van der Waals surface area contributed by atoms with E-state index in [9.17, 15) is 39.0 Å². The molecule has 0 aromatic carbocycles. The summed E-state index contributed by atoms with van der Waals surface area (Å²) in [5, 5.41) is 30.8. The molecule has 56 heavy (non-hydrogen) atoms. The van der Waals surface area contributed by atoms with Crippen LogP contribution in [0.5, 0.6) is 0 Å². The van der Waals surface area contributed by atoms with Crippen molar-refractivity contribution in [1.82, 2.24) is 21.3 Å². The number of Topliss-reactive ketones (excluding diaryl/α,β-unsaturated/α-hetero) is 1. The lowest BCUT2D eigenvalue weighted by atomic mass is 9.74. The molecule has 0 aromatic heterocycles. The second kappa shape index (κ2) is 22.7. The molecule has 14 heteroatoms. The minimum absolute atomic E-state index is 0.00632. The lowest BCUT2D eigenvalue weighted by Gasteiger charge is -2.33. The van der Waals surface area contributed by atoms with Gasteiger partial charge in [-0.05, 0) is 99.8 Å². The molecule has 0 fully saturated rings. The predicted molar refractivity (Wildman–Crippen MR) is 218 cm³/mol. The topological polar surface area (TPSA) is 209 Å². The van der Waals surface area contributed by atoms with Crippen molar-refractivity contribution in [2.45, 2.75) is 190 Å². The van der Waals surface area contributed by atoms with Gasteiger partial charge in [0.2, 0.25) is 17.7 Å². The van der Waals surface area contributed by atoms with Gasteiger partial charge in [0.05, 0.1) is 42.3 Å². The smallest absolute Gasteiger partial charge is 0.326 e. The average molecular weight is 799 g/mol. The Bertz CT molecular complexity index is 1300. The Labute approximate surface area is 337 Å². The Morgan fingerprint density at radius 3 is 1.70 bits per heavy atom. The lowest BCUT2D eigenvalue weighted by Crippen LogP contribution is -2.50. The first-order valence-electron chi connectivity index (χ1n) is 20.3. The van der Waals surface area contributed by atoms with Gasteiger partial charge in [0.15, 0.2) is 5.78 Å². The summed E-state index contributed by atoms with van der Waals surface area (Å²) in [4.78, 5) is 74.7. The Hall–Kier alpha value is -3.10. The standard InChI is InChI=1S/C42H78N4O10/c1-15-41(13,56-26-24-44-31(47)21-20-30(34(50)51)45-35(52)39(9,10)28-40(11,12)36(53)54)22-25-55-42(14,16-2)27-32(48)43-23-18-17-19-29(46-38(6,7)8)33(49)37(3,4)5/h29-30,46H,15-28H2,1-14H3,(H,43,48)(H,44,47)(H,45,52)(H,50,51)(H,53,54)/t29-,30+,41?,42?/m1/s1. The number of carboxylic acid groups (broad SMARTS) is 2. The van der Waals surface area contributed by atoms with Crippen LogP contribution in [-0.2, 0) is 38.2 Å². The number of aliphatic carboxylic acids is 2. The summed E-state index contributed by atoms with van der Waals surface area (Å²) in [5.41, 5.74) is -4.17. The van der Waals surface area contributed by atoms with Gasteiger partial charge in [0.25, 0.3) is 0 Å². The number of carbonyl (C=O) groups excluding carboxylic acids is 4. The fraction of sp³-hybridized carbons (Fsp3) is 0.857. The molecule has 0 saturated carbocycles. The molecule has 0 aliphatic carbocycles. The SMILES string of the molecule is CCC(C)(CCOC(C)(CC)CC(=O)NCCCC[C@@H](NC(C)(C)C)C(=O)C(C)(C)C)OCCNC(=O)CC[C@H](NC(=O)C(C)(C)CC(C)(C)C(=O)O)C(=O)O. The molecule has 4 atom stereocenters. The number of hydrogen-bond acceptors (Lipinski definition) is 9. The van der Waals surface area contributed by atoms with E-state index in [0.717, 1.165) is 12.8 Å². The van der Waals surface area contributed by atoms with Crippen molar-refractivity contribution >= 4 is 35.4 Å². The quantitative estimate of drug-likeness (QED) is 0.0522. The molecule has 326 valence electrons. The van der Waals surface area contributed by atoms with Crippen LogP contribution in [0.15, 0.2) is 0 Å². The Kier molecular flexibility index (Phi) is 21.5. The fourth-order valence-electron chi connectivity index (χ4n) is 6.28. The zero-order valence-corrected chi connectivity index (χ0v) is 37.2. The van der Waals surface area contributed by atoms with E-state index < -0.39 is 57.2 Å². The summed E-state index contributed by atoms with van der Waals surface area (Å²) in [6, 6.07) is -1.55. The number of unbranched alkanes of at least 4 members (excludes halogenated alkanes) is 1. The first kappa shape index (κ1) is 52.9. The van der Waals surface area contributed by atoms with Crippen molar-refractivity contribution in [3.05, 3.63) is 0 Å². The second-order valence-corrected chi connectivity index (χ2v) is 19.1. The highest BCUT2D eigenvalue weighted by molar-refractivity contribution is 5.89. The maximum Gasteiger partial charge on any atom is 0.326 e. The highest BCUT2D eigenvalue weighted by Crippen LogP contribution is 2.34. The largest absolute Gasteiger partial charge is 0.481 e. The van der Waals surface area contributed by atoms with E-state index in [1.807, 2.05) is 48.5 Å². The van der Waals surface area contributed by atoms with E-state index in [0.29, 0.717) is 38.8 Å². The van der Waals surface area contributed by atoms with Crippen molar-refractivity contribution in [2.75, 3.05) is 26.3 Å². The van der Waals surface area contributed by atoms with Crippen molar-refractivity contribution in [3.63, 3.8) is 0 Å². The van der Waals surface area contributed by atoms with Crippen LogP contribution in [0.4, 0.5) is 0 Å². The molecule has 0 aliphatic heterocycles. The van der Waals surface area contributed by atoms with Gasteiger partial charge in [-0.2, -0.15) is 0 Å². The molecular formula is C42H78N4O10. The van der Waals surface area contributed by atoms with Gasteiger partial charge >= 0.3 is 11.9 Å². The van der Waals surface area contributed by atoms with Crippen LogP contribution in [0.2, 0.25) is 0 Å². The molecular weight excluding hydrogens is 720 g/mol. The number of carbonyl (C=O) groups is 6. The van der Waals surface area contributed by atoms with Crippen LogP contribution in [0.25, 0.3) is 0 Å². The number of nitrogens with one attached hydrogen (secondary N) is 4. The molecule has 0 heterocycles. The van der Waals surface area contributed by atoms with E-state index in [1.54, 1.807) is 13.8 Å². The van der Waals surface area contributed by atoms with Crippen molar-refractivity contribution in [2.24, 2.45) is 16.2 Å². The predicted octanol–water partition coefficient (Wildman–Crippen LogP) is 5.79. The van der Waals surface area contributed by atoms with E-state index in [4.69, 9.17) is 9.47 Å². The summed E-state index contributed by atoms with van der Waals surface area (Å²) in [5.74, 6) is -3.24. The third-order valence-electron chi connectivity index (χ3n) is 10.2. The van der Waals surface area contributed by atoms with E-state index in [-0.39, 0.29) is 62.1 Å². The minimum Gasteiger partial charge on any atom is -0.481 e. The van der Waals surface area contributed by atoms with E-state index in [2.05, 4.69) is 42.0 Å². The van der Waals surface area contributed by atoms with Crippen molar-refractivity contribution in [1.29, 1.82) is 0 Å². The number of carboxylic acids is 2. The minimum atomic E-state index is -1.31. The highest BCUT2D eigenvalue weighted by atomic mass is 16.5. The van der Waals surface area contributed by atoms with Gasteiger partial charge in [0.1, 0.15) is 6.04 Å². The monoisotopic (exact) mass is 799 g/mol. The average Bonchev–Trinajstić information content (AvgIpc) is 3.05. The first-order chi connectivity index (χ1) is 25.4. The third kappa shape index (κ3) is 20.9. The summed E-state index contributed by atoms with van der Waals surface area (Å²) in [6.45, 7) is 27.3. The fourth-order valence-corrected chi connectivity index (χ4v) is 6.28. The van der Waals surface area contributed by atoms with Gasteiger partial charge in [-0.15, -0.1) is 0 Å². The van der Waals surface area contributed by atoms with Crippen molar-refractivity contribution < 1.29 is 48.5 Å². The van der Waals surface area contributed by atoms with Crippen LogP contribution in [0.3, 0.4) is 0 Å². The highest BCUT2D eigenvalue weighted by Gasteiger charge is 2.40. The molecule has 0 saturated heterocycles. The van der Waals surface area contributed by atoms with Gasteiger partial charge in [0, 0.05) is 35.9 Å². The summed E-state index contributed by atoms with van der Waals surface area (Å²) >= 11 is 0. The number of ether oxygens (including phenoxy) is 2. The maximum absolute atomic E-state index is 13.0. The lowest BCUT2D eigenvalue weighted by molar-refractivity contribution is -0.151. The number of hydrogen-bond donors (Lipinski definition) is 6. The molecule has 0 bridgehead atoms. The van der Waals surface area contributed by atoms with Gasteiger partial charge < -0.3 is 41.0 Å². The summed E-state index contributed by atoms with van der Waals surface area (Å²) in [6.07, 6.45) is 4.07. The van der Waals surface area contributed by atoms with Crippen LogP contribution in [0, 0.1) is 16.2 Å². The maximum atomic E-state index is 13.0. The second-order valence-electron chi connectivity index (χ2n) is 19.1. The molecule has 6 N–H and O–H groups in total. The van der Waals surface area contributed by atoms with Gasteiger partial charge in [-0.1, -0.05) is 48.5 Å². The molecule has 3 amide bonds. The van der Waals surface area contributed by atoms with Crippen LogP contribution in [0.1, 0.15) is 161 Å². The number of rotatable bonds is 28. The van der Waals surface area contributed by atoms with E-state index in [1.165, 1.54) is 13.8 Å². The third-order valence-corrected chi connectivity index (χ3v) is 10.2. The van der Waals surface area contributed by atoms with Crippen LogP contribution >= 0.6 is 0 Å². The molecule has 0 rings (SSSR count). The molecule has 14 nitrogen and oxygen atoms in total. The summed E-state index contributed by atoms with van der Waals surface area (Å²) < 4.78 is 12.4. The molecule has 0 spiro atoms. The zero-order chi connectivity index (χ0) is 43.8. The van der Waals surface area contributed by atoms with Gasteiger partial charge in [-0.3, -0.25) is 24.0 Å². The first-order valence-corrected chi connectivity index (χ1v) is 20.3. The van der Waals surface area contributed by atoms with E-state index >= 15 is 0 Å². The van der Waals surface area contributed by atoms with Crippen LogP contribution in [-0.4, -0.2) is 101 Å². The van der Waals surface area contributed by atoms with Crippen LogP contribution < -0.4 is 21.3 Å². The Morgan fingerprint density at radius 2 is 1.20 bits per heavy atom. The Balaban J connectivity index is 4.79. The number of amides is 3. The van der Waals surface area contributed by atoms with Crippen molar-refractivity contribution in [3.8, 4) is 0 Å². The molecule has 0 aliphatic rings. The Morgan fingerprint density at radius 1 is 0.643 bits per heavy atom. The zero-order valence-electron chi connectivity index (χ0n) is 37.2. The number of ketones is 1. The normalized spacial score (nSPS) is 15.8.